The van der Waals surface area contributed by atoms with E-state index in [-0.39, 0.29) is 0 Å². The molecule has 0 spiro atoms. The van der Waals surface area contributed by atoms with Gasteiger partial charge in [-0.25, -0.2) is 0 Å². The fourth-order valence-electron chi connectivity index (χ4n) is 2.93. The Labute approximate surface area is 143 Å². The van der Waals surface area contributed by atoms with E-state index < -0.39 is 6.10 Å². The van der Waals surface area contributed by atoms with E-state index in [0.717, 1.165) is 17.8 Å². The third kappa shape index (κ3) is 6.11. The first-order valence-electron chi connectivity index (χ1n) is 8.60. The van der Waals surface area contributed by atoms with Gasteiger partial charge < -0.3 is 20.2 Å². The van der Waals surface area contributed by atoms with E-state index in [4.69, 9.17) is 4.42 Å². The molecule has 3 N–H and O–H groups in total. The van der Waals surface area contributed by atoms with E-state index >= 15 is 0 Å². The lowest BCUT2D eigenvalue weighted by molar-refractivity contribution is 0.158. The highest BCUT2D eigenvalue weighted by Gasteiger charge is 2.22. The molecule has 6 heteroatoms. The molecular weight excluding hydrogens is 310 g/mol. The van der Waals surface area contributed by atoms with E-state index in [1.165, 1.54) is 31.4 Å². The van der Waals surface area contributed by atoms with Crippen molar-refractivity contribution in [2.75, 3.05) is 18.8 Å². The van der Waals surface area contributed by atoms with Crippen molar-refractivity contribution in [3.63, 3.8) is 0 Å². The molecule has 1 fully saturated rings. The van der Waals surface area contributed by atoms with E-state index in [1.54, 1.807) is 18.4 Å². The number of aliphatic hydroxyl groups is 1. The number of rotatable bonds is 7. The Kier molecular flexibility index (Phi) is 7.82. The van der Waals surface area contributed by atoms with Crippen LogP contribution in [0.15, 0.2) is 27.8 Å². The number of nitrogens with zero attached hydrogens (tertiary/aromatic N) is 1. The standard InChI is InChI=1S/C17H29N3O2S/c1-3-18-17(19-12-15(21)16-9-6-10-22-16)20-13-7-5-8-14(11-13)23-4-2/h6,9-10,13-15,21H,3-5,7-8,11-12H2,1-2H3,(H2,18,19,20). The van der Waals surface area contributed by atoms with Gasteiger partial charge in [0.05, 0.1) is 12.8 Å². The minimum Gasteiger partial charge on any atom is -0.467 e. The molecule has 3 atom stereocenters. The van der Waals surface area contributed by atoms with Gasteiger partial charge in [-0.1, -0.05) is 13.3 Å². The van der Waals surface area contributed by atoms with Crippen LogP contribution in [0.3, 0.4) is 0 Å². The molecule has 3 unspecified atom stereocenters. The number of nitrogens with one attached hydrogen (secondary N) is 2. The predicted octanol–water partition coefficient (Wildman–Crippen LogP) is 2.93. The Bertz CT molecular complexity index is 462. The summed E-state index contributed by atoms with van der Waals surface area (Å²) in [5.41, 5.74) is 0. The highest BCUT2D eigenvalue weighted by atomic mass is 32.2. The molecule has 1 aromatic heterocycles. The van der Waals surface area contributed by atoms with Crippen LogP contribution in [-0.2, 0) is 0 Å². The Hall–Kier alpha value is -1.14. The number of hydrogen-bond acceptors (Lipinski definition) is 4. The molecule has 1 aliphatic carbocycles. The van der Waals surface area contributed by atoms with Crippen molar-refractivity contribution in [2.24, 2.45) is 4.99 Å². The predicted molar refractivity (Wildman–Crippen MR) is 97.0 cm³/mol. The van der Waals surface area contributed by atoms with Gasteiger partial charge in [-0.05, 0) is 44.1 Å². The summed E-state index contributed by atoms with van der Waals surface area (Å²) in [6, 6.07) is 4.01. The zero-order chi connectivity index (χ0) is 16.5. The molecular formula is C17H29N3O2S. The molecule has 130 valence electrons. The highest BCUT2D eigenvalue weighted by molar-refractivity contribution is 7.99. The number of furan rings is 1. The molecule has 1 aromatic rings. The zero-order valence-electron chi connectivity index (χ0n) is 14.1. The third-order valence-corrected chi connectivity index (χ3v) is 5.24. The molecule has 5 nitrogen and oxygen atoms in total. The van der Waals surface area contributed by atoms with E-state index in [2.05, 4.69) is 41.2 Å². The highest BCUT2D eigenvalue weighted by Crippen LogP contribution is 2.28. The first-order valence-corrected chi connectivity index (χ1v) is 9.65. The molecule has 0 bridgehead atoms. The summed E-state index contributed by atoms with van der Waals surface area (Å²) in [5.74, 6) is 2.52. The van der Waals surface area contributed by atoms with Crippen molar-refractivity contribution in [3.05, 3.63) is 24.2 Å². The number of aliphatic hydroxyl groups excluding tert-OH is 1. The summed E-state index contributed by atoms with van der Waals surface area (Å²) >= 11 is 2.06. The van der Waals surface area contributed by atoms with Crippen molar-refractivity contribution in [1.29, 1.82) is 0 Å². The maximum atomic E-state index is 10.1. The van der Waals surface area contributed by atoms with Crippen molar-refractivity contribution >= 4 is 17.7 Å². The van der Waals surface area contributed by atoms with Crippen molar-refractivity contribution in [1.82, 2.24) is 10.6 Å². The fourth-order valence-corrected chi connectivity index (χ4v) is 4.10. The smallest absolute Gasteiger partial charge is 0.191 e. The Morgan fingerprint density at radius 2 is 2.35 bits per heavy atom. The zero-order valence-corrected chi connectivity index (χ0v) is 14.9. The molecule has 2 rings (SSSR count). The van der Waals surface area contributed by atoms with E-state index in [9.17, 15) is 5.11 Å². The Morgan fingerprint density at radius 1 is 1.48 bits per heavy atom. The van der Waals surface area contributed by atoms with Crippen LogP contribution in [0.25, 0.3) is 0 Å². The normalized spacial score (nSPS) is 23.5. The molecule has 0 saturated heterocycles. The first-order chi connectivity index (χ1) is 11.2. The van der Waals surface area contributed by atoms with Gasteiger partial charge >= 0.3 is 0 Å². The van der Waals surface area contributed by atoms with E-state index in [0.29, 0.717) is 18.3 Å². The van der Waals surface area contributed by atoms with Crippen molar-refractivity contribution in [2.45, 2.75) is 56.9 Å². The van der Waals surface area contributed by atoms with Crippen molar-refractivity contribution < 1.29 is 9.52 Å². The van der Waals surface area contributed by atoms with Gasteiger partial charge in [0.15, 0.2) is 5.96 Å². The van der Waals surface area contributed by atoms with Gasteiger partial charge in [0.1, 0.15) is 11.9 Å². The van der Waals surface area contributed by atoms with Crippen LogP contribution in [0.2, 0.25) is 0 Å². The molecule has 1 saturated carbocycles. The van der Waals surface area contributed by atoms with Crippen molar-refractivity contribution in [3.8, 4) is 0 Å². The Balaban J connectivity index is 1.88. The monoisotopic (exact) mass is 339 g/mol. The summed E-state index contributed by atoms with van der Waals surface area (Å²) in [6.45, 7) is 5.38. The van der Waals surface area contributed by atoms with Crippen LogP contribution in [0.1, 0.15) is 51.4 Å². The van der Waals surface area contributed by atoms with Gasteiger partial charge in [-0.15, -0.1) is 0 Å². The summed E-state index contributed by atoms with van der Waals surface area (Å²) in [6.07, 6.45) is 5.83. The van der Waals surface area contributed by atoms with Crippen LogP contribution in [-0.4, -0.2) is 41.2 Å². The Morgan fingerprint density at radius 3 is 3.04 bits per heavy atom. The lowest BCUT2D eigenvalue weighted by Crippen LogP contribution is -2.45. The van der Waals surface area contributed by atoms with Gasteiger partial charge in [0.25, 0.3) is 0 Å². The topological polar surface area (TPSA) is 69.8 Å². The van der Waals surface area contributed by atoms with Crippen LogP contribution < -0.4 is 10.6 Å². The second kappa shape index (κ2) is 9.88. The molecule has 1 heterocycles. The summed E-state index contributed by atoms with van der Waals surface area (Å²) in [7, 11) is 0. The molecule has 0 amide bonds. The van der Waals surface area contributed by atoms with E-state index in [1.807, 2.05) is 0 Å². The number of guanidine groups is 1. The first kappa shape index (κ1) is 18.2. The lowest BCUT2D eigenvalue weighted by atomic mass is 9.95. The summed E-state index contributed by atoms with van der Waals surface area (Å²) in [5, 5.41) is 17.6. The lowest BCUT2D eigenvalue weighted by Gasteiger charge is -2.30. The molecule has 0 aliphatic heterocycles. The number of thioether (sulfide) groups is 1. The maximum absolute atomic E-state index is 10.1. The molecule has 23 heavy (non-hydrogen) atoms. The minimum absolute atomic E-state index is 0.294. The minimum atomic E-state index is -0.699. The number of hydrogen-bond donors (Lipinski definition) is 3. The molecule has 1 aliphatic rings. The van der Waals surface area contributed by atoms with Crippen LogP contribution >= 0.6 is 11.8 Å². The largest absolute Gasteiger partial charge is 0.467 e. The molecule has 0 aromatic carbocycles. The SMILES string of the molecule is CCNC(=NCC(O)c1ccco1)NC1CCCC(SCC)C1. The van der Waals surface area contributed by atoms with Gasteiger partial charge in [0.2, 0.25) is 0 Å². The quantitative estimate of drug-likeness (QED) is 0.526. The van der Waals surface area contributed by atoms with Gasteiger partial charge in [0, 0.05) is 17.8 Å². The average Bonchev–Trinajstić information content (AvgIpc) is 3.08. The fraction of sp³-hybridized carbons (Fsp3) is 0.706. The average molecular weight is 340 g/mol. The third-order valence-electron chi connectivity index (χ3n) is 4.01. The molecule has 0 radical (unpaired) electrons. The van der Waals surface area contributed by atoms with Gasteiger partial charge in [-0.3, -0.25) is 4.99 Å². The van der Waals surface area contributed by atoms with Crippen LogP contribution in [0.5, 0.6) is 0 Å². The second-order valence-electron chi connectivity index (χ2n) is 5.84. The number of aliphatic imine (C=N–C) groups is 1. The summed E-state index contributed by atoms with van der Waals surface area (Å²) in [4.78, 5) is 4.51. The summed E-state index contributed by atoms with van der Waals surface area (Å²) < 4.78 is 5.22. The van der Waals surface area contributed by atoms with Gasteiger partial charge in [-0.2, -0.15) is 11.8 Å². The van der Waals surface area contributed by atoms with Crippen LogP contribution in [0, 0.1) is 0 Å². The maximum Gasteiger partial charge on any atom is 0.191 e. The second-order valence-corrected chi connectivity index (χ2v) is 7.41. The van der Waals surface area contributed by atoms with Crippen LogP contribution in [0.4, 0.5) is 0 Å².